The van der Waals surface area contributed by atoms with E-state index in [1.165, 1.54) is 23.5 Å². The molecule has 4 nitrogen and oxygen atoms in total. The molecule has 0 radical (unpaired) electrons. The molecule has 0 aliphatic carbocycles. The predicted molar refractivity (Wildman–Crippen MR) is 92.4 cm³/mol. The van der Waals surface area contributed by atoms with Gasteiger partial charge in [0.25, 0.3) is 5.91 Å². The van der Waals surface area contributed by atoms with Gasteiger partial charge >= 0.3 is 0 Å². The first-order valence-corrected chi connectivity index (χ1v) is 8.37. The van der Waals surface area contributed by atoms with E-state index in [-0.39, 0.29) is 18.3 Å². The summed E-state index contributed by atoms with van der Waals surface area (Å²) in [5, 5.41) is 17.0. The second-order valence-electron chi connectivity index (χ2n) is 5.76. The number of rotatable bonds is 5. The highest BCUT2D eigenvalue weighted by Gasteiger charge is 2.25. The van der Waals surface area contributed by atoms with Gasteiger partial charge in [-0.25, -0.2) is 4.39 Å². The molecule has 0 fully saturated rings. The Morgan fingerprint density at radius 2 is 2.04 bits per heavy atom. The van der Waals surface area contributed by atoms with E-state index in [2.05, 4.69) is 10.3 Å². The maximum absolute atomic E-state index is 13.1. The standard InChI is InChI=1S/C18H17FN2O2S/c1-18(23,13-6-7-24-10-13)11-21-17(22)16-9-20-8-15(16)12-2-4-14(19)5-3-12/h2-10,20,23H,11H2,1H3,(H,21,22). The molecule has 3 N–H and O–H groups in total. The average molecular weight is 344 g/mol. The Morgan fingerprint density at radius 1 is 1.29 bits per heavy atom. The van der Waals surface area contributed by atoms with Crippen molar-refractivity contribution in [2.24, 2.45) is 0 Å². The van der Waals surface area contributed by atoms with Gasteiger partial charge in [-0.15, -0.1) is 0 Å². The number of hydrogen-bond acceptors (Lipinski definition) is 3. The fourth-order valence-corrected chi connectivity index (χ4v) is 3.22. The van der Waals surface area contributed by atoms with Crippen LogP contribution in [0.1, 0.15) is 22.8 Å². The first kappa shape index (κ1) is 16.4. The van der Waals surface area contributed by atoms with Crippen molar-refractivity contribution in [3.05, 3.63) is 70.4 Å². The molecule has 1 aromatic carbocycles. The summed E-state index contributed by atoms with van der Waals surface area (Å²) in [6.45, 7) is 1.75. The van der Waals surface area contributed by atoms with Crippen LogP contribution in [0.4, 0.5) is 4.39 Å². The molecule has 0 bridgehead atoms. The number of aromatic amines is 1. The van der Waals surface area contributed by atoms with E-state index in [1.54, 1.807) is 31.5 Å². The second-order valence-corrected chi connectivity index (χ2v) is 6.54. The van der Waals surface area contributed by atoms with Gasteiger partial charge in [0.2, 0.25) is 0 Å². The Labute approximate surface area is 143 Å². The molecule has 0 aliphatic rings. The van der Waals surface area contributed by atoms with E-state index in [1.807, 2.05) is 16.8 Å². The monoisotopic (exact) mass is 344 g/mol. The van der Waals surface area contributed by atoms with Crippen molar-refractivity contribution >= 4 is 17.2 Å². The fraction of sp³-hybridized carbons (Fsp3) is 0.167. The minimum atomic E-state index is -1.14. The van der Waals surface area contributed by atoms with Gasteiger partial charge in [0.1, 0.15) is 11.4 Å². The molecule has 124 valence electrons. The number of amides is 1. The van der Waals surface area contributed by atoms with E-state index in [4.69, 9.17) is 0 Å². The van der Waals surface area contributed by atoms with Crippen LogP contribution in [-0.2, 0) is 5.60 Å². The number of benzene rings is 1. The predicted octanol–water partition coefficient (Wildman–Crippen LogP) is 3.52. The summed E-state index contributed by atoms with van der Waals surface area (Å²) in [6.07, 6.45) is 3.28. The van der Waals surface area contributed by atoms with Crippen molar-refractivity contribution in [1.29, 1.82) is 0 Å². The Kier molecular flexibility index (Phi) is 4.51. The van der Waals surface area contributed by atoms with Crippen molar-refractivity contribution in [2.75, 3.05) is 6.54 Å². The number of halogens is 1. The quantitative estimate of drug-likeness (QED) is 0.663. The Morgan fingerprint density at radius 3 is 2.71 bits per heavy atom. The van der Waals surface area contributed by atoms with Crippen LogP contribution < -0.4 is 5.32 Å². The fourth-order valence-electron chi connectivity index (χ4n) is 2.44. The number of carbonyl (C=O) groups is 1. The minimum Gasteiger partial charge on any atom is -0.384 e. The summed E-state index contributed by atoms with van der Waals surface area (Å²) >= 11 is 1.49. The first-order chi connectivity index (χ1) is 11.5. The van der Waals surface area contributed by atoms with Crippen molar-refractivity contribution in [2.45, 2.75) is 12.5 Å². The summed E-state index contributed by atoms with van der Waals surface area (Å²) in [4.78, 5) is 15.4. The van der Waals surface area contributed by atoms with Crippen LogP contribution in [0.15, 0.2) is 53.5 Å². The van der Waals surface area contributed by atoms with E-state index >= 15 is 0 Å². The van der Waals surface area contributed by atoms with Crippen LogP contribution in [0.5, 0.6) is 0 Å². The smallest absolute Gasteiger partial charge is 0.253 e. The molecule has 0 spiro atoms. The highest BCUT2D eigenvalue weighted by atomic mass is 32.1. The molecule has 0 aliphatic heterocycles. The van der Waals surface area contributed by atoms with Crippen molar-refractivity contribution in [3.8, 4) is 11.1 Å². The van der Waals surface area contributed by atoms with Crippen molar-refractivity contribution in [3.63, 3.8) is 0 Å². The van der Waals surface area contributed by atoms with Crippen LogP contribution in [0, 0.1) is 5.82 Å². The lowest BCUT2D eigenvalue weighted by Crippen LogP contribution is -2.38. The third kappa shape index (κ3) is 3.39. The van der Waals surface area contributed by atoms with Gasteiger partial charge in [-0.1, -0.05) is 12.1 Å². The van der Waals surface area contributed by atoms with Gasteiger partial charge in [-0.3, -0.25) is 4.79 Å². The van der Waals surface area contributed by atoms with Gasteiger partial charge in [0.05, 0.1) is 12.1 Å². The lowest BCUT2D eigenvalue weighted by atomic mass is 9.99. The molecule has 24 heavy (non-hydrogen) atoms. The van der Waals surface area contributed by atoms with Gasteiger partial charge < -0.3 is 15.4 Å². The molecule has 6 heteroatoms. The van der Waals surface area contributed by atoms with E-state index in [0.717, 1.165) is 11.1 Å². The topological polar surface area (TPSA) is 65.1 Å². The maximum Gasteiger partial charge on any atom is 0.253 e. The zero-order valence-corrected chi connectivity index (χ0v) is 13.9. The summed E-state index contributed by atoms with van der Waals surface area (Å²) in [5.41, 5.74) is 1.50. The number of carbonyl (C=O) groups excluding carboxylic acids is 1. The molecular weight excluding hydrogens is 327 g/mol. The van der Waals surface area contributed by atoms with Gasteiger partial charge in [-0.2, -0.15) is 11.3 Å². The summed E-state index contributed by atoms with van der Waals surface area (Å²) < 4.78 is 13.1. The van der Waals surface area contributed by atoms with Gasteiger partial charge in [0, 0.05) is 18.0 Å². The largest absolute Gasteiger partial charge is 0.384 e. The van der Waals surface area contributed by atoms with Crippen LogP contribution in [-0.4, -0.2) is 22.5 Å². The SMILES string of the molecule is CC(O)(CNC(=O)c1c[nH]cc1-c1ccc(F)cc1)c1ccsc1. The third-order valence-corrected chi connectivity index (χ3v) is 4.56. The number of H-pyrrole nitrogens is 1. The minimum absolute atomic E-state index is 0.0939. The molecule has 1 amide bonds. The van der Waals surface area contributed by atoms with Crippen LogP contribution in [0.3, 0.4) is 0 Å². The molecule has 1 unspecified atom stereocenters. The Balaban J connectivity index is 1.75. The lowest BCUT2D eigenvalue weighted by molar-refractivity contribution is 0.0530. The number of aliphatic hydroxyl groups is 1. The summed E-state index contributed by atoms with van der Waals surface area (Å²) in [6, 6.07) is 7.78. The summed E-state index contributed by atoms with van der Waals surface area (Å²) in [5.74, 6) is -0.627. The third-order valence-electron chi connectivity index (χ3n) is 3.88. The average Bonchev–Trinajstić information content (AvgIpc) is 3.25. The molecular formula is C18H17FN2O2S. The Hall–Kier alpha value is -2.44. The first-order valence-electron chi connectivity index (χ1n) is 7.43. The molecule has 0 saturated heterocycles. The van der Waals surface area contributed by atoms with E-state index in [0.29, 0.717) is 11.1 Å². The molecule has 2 heterocycles. The zero-order chi connectivity index (χ0) is 17.2. The van der Waals surface area contributed by atoms with Gasteiger partial charge in [-0.05, 0) is 47.0 Å². The van der Waals surface area contributed by atoms with Gasteiger partial charge in [0.15, 0.2) is 0 Å². The van der Waals surface area contributed by atoms with E-state index in [9.17, 15) is 14.3 Å². The summed E-state index contributed by atoms with van der Waals surface area (Å²) in [7, 11) is 0. The maximum atomic E-state index is 13.1. The molecule has 3 aromatic rings. The van der Waals surface area contributed by atoms with Crippen molar-refractivity contribution < 1.29 is 14.3 Å². The molecule has 1 atom stereocenters. The number of hydrogen-bond donors (Lipinski definition) is 3. The zero-order valence-electron chi connectivity index (χ0n) is 13.0. The van der Waals surface area contributed by atoms with E-state index < -0.39 is 5.60 Å². The molecule has 2 aromatic heterocycles. The van der Waals surface area contributed by atoms with Crippen LogP contribution in [0.25, 0.3) is 11.1 Å². The lowest BCUT2D eigenvalue weighted by Gasteiger charge is -2.22. The van der Waals surface area contributed by atoms with Crippen molar-refractivity contribution in [1.82, 2.24) is 10.3 Å². The second kappa shape index (κ2) is 6.59. The Bertz CT molecular complexity index is 823. The van der Waals surface area contributed by atoms with Crippen LogP contribution in [0.2, 0.25) is 0 Å². The molecule has 3 rings (SSSR count). The highest BCUT2D eigenvalue weighted by molar-refractivity contribution is 7.08. The highest BCUT2D eigenvalue weighted by Crippen LogP contribution is 2.25. The molecule has 0 saturated carbocycles. The number of thiophene rings is 1. The number of aromatic nitrogens is 1. The van der Waals surface area contributed by atoms with Crippen LogP contribution >= 0.6 is 11.3 Å². The number of nitrogens with one attached hydrogen (secondary N) is 2. The normalized spacial score (nSPS) is 13.5.